The SMILES string of the molecule is NCc1nc(C(=O)Nc2nccc(N)c2I)co1. The average molecular weight is 359 g/mol. The van der Waals surface area contributed by atoms with E-state index in [1.807, 2.05) is 22.6 Å². The Morgan fingerprint density at radius 1 is 1.56 bits per heavy atom. The van der Waals surface area contributed by atoms with Crippen molar-refractivity contribution in [2.24, 2.45) is 5.73 Å². The number of halogens is 1. The number of carbonyl (C=O) groups is 1. The van der Waals surface area contributed by atoms with Gasteiger partial charge in [0.1, 0.15) is 12.1 Å². The molecule has 0 saturated carbocycles. The van der Waals surface area contributed by atoms with Crippen molar-refractivity contribution in [3.8, 4) is 0 Å². The first-order valence-electron chi connectivity index (χ1n) is 4.97. The maximum Gasteiger partial charge on any atom is 0.278 e. The zero-order valence-electron chi connectivity index (χ0n) is 9.18. The predicted octanol–water partition coefficient (Wildman–Crippen LogP) is 0.967. The van der Waals surface area contributed by atoms with Gasteiger partial charge in [0.2, 0.25) is 5.89 Å². The van der Waals surface area contributed by atoms with Crippen LogP contribution in [0.1, 0.15) is 16.4 Å². The number of hydrogen-bond acceptors (Lipinski definition) is 6. The minimum Gasteiger partial charge on any atom is -0.447 e. The molecular weight excluding hydrogens is 349 g/mol. The molecule has 94 valence electrons. The molecular formula is C10H10IN5O2. The Bertz CT molecular complexity index is 583. The molecule has 2 heterocycles. The van der Waals surface area contributed by atoms with Crippen LogP contribution in [-0.2, 0) is 6.54 Å². The molecule has 2 aromatic heterocycles. The van der Waals surface area contributed by atoms with Crippen LogP contribution in [0.25, 0.3) is 0 Å². The summed E-state index contributed by atoms with van der Waals surface area (Å²) in [6.45, 7) is 0.140. The minimum atomic E-state index is -0.422. The molecule has 0 aliphatic rings. The van der Waals surface area contributed by atoms with Crippen LogP contribution in [-0.4, -0.2) is 15.9 Å². The molecule has 0 saturated heterocycles. The van der Waals surface area contributed by atoms with Gasteiger partial charge in [-0.2, -0.15) is 0 Å². The summed E-state index contributed by atoms with van der Waals surface area (Å²) in [5.41, 5.74) is 11.7. The molecule has 0 bridgehead atoms. The summed E-state index contributed by atoms with van der Waals surface area (Å²) in [5.74, 6) is 0.266. The molecule has 1 amide bonds. The molecule has 0 unspecified atom stereocenters. The van der Waals surface area contributed by atoms with Crippen LogP contribution < -0.4 is 16.8 Å². The molecule has 7 nitrogen and oxygen atoms in total. The summed E-state index contributed by atoms with van der Waals surface area (Å²) in [7, 11) is 0. The number of hydrogen-bond donors (Lipinski definition) is 3. The van der Waals surface area contributed by atoms with Gasteiger partial charge in [0.05, 0.1) is 15.8 Å². The second-order valence-electron chi connectivity index (χ2n) is 3.35. The standard InChI is InChI=1S/C10H10IN5O2/c11-8-5(13)1-2-14-9(8)16-10(17)6-4-18-7(3-12)15-6/h1-2,4H,3,12H2,(H3,13,14,16,17). The second-order valence-corrected chi connectivity index (χ2v) is 4.43. The zero-order valence-corrected chi connectivity index (χ0v) is 11.3. The largest absolute Gasteiger partial charge is 0.447 e. The van der Waals surface area contributed by atoms with Crippen LogP contribution in [0.5, 0.6) is 0 Å². The van der Waals surface area contributed by atoms with Crippen LogP contribution in [0.15, 0.2) is 22.9 Å². The fourth-order valence-corrected chi connectivity index (χ4v) is 1.68. The van der Waals surface area contributed by atoms with Gasteiger partial charge in [-0.15, -0.1) is 0 Å². The van der Waals surface area contributed by atoms with Gasteiger partial charge in [0.15, 0.2) is 5.69 Å². The monoisotopic (exact) mass is 359 g/mol. The van der Waals surface area contributed by atoms with Crippen molar-refractivity contribution in [3.63, 3.8) is 0 Å². The number of pyridine rings is 1. The molecule has 0 aromatic carbocycles. The van der Waals surface area contributed by atoms with E-state index in [1.165, 1.54) is 12.5 Å². The molecule has 2 aromatic rings. The van der Waals surface area contributed by atoms with Gasteiger partial charge in [-0.25, -0.2) is 9.97 Å². The molecule has 8 heteroatoms. The number of rotatable bonds is 3. The summed E-state index contributed by atoms with van der Waals surface area (Å²) >= 11 is 2.00. The van der Waals surface area contributed by atoms with Crippen LogP contribution in [0.2, 0.25) is 0 Å². The highest BCUT2D eigenvalue weighted by molar-refractivity contribution is 14.1. The highest BCUT2D eigenvalue weighted by atomic mass is 127. The molecule has 5 N–H and O–H groups in total. The fourth-order valence-electron chi connectivity index (χ4n) is 1.23. The van der Waals surface area contributed by atoms with E-state index < -0.39 is 5.91 Å². The molecule has 2 rings (SSSR count). The Hall–Kier alpha value is -1.68. The summed E-state index contributed by atoms with van der Waals surface area (Å²) < 4.78 is 5.65. The number of nitrogens with zero attached hydrogens (tertiary/aromatic N) is 2. The number of anilines is 2. The Labute approximate surface area is 116 Å². The van der Waals surface area contributed by atoms with Crippen LogP contribution in [0, 0.1) is 3.57 Å². The number of nitrogens with one attached hydrogen (secondary N) is 1. The zero-order chi connectivity index (χ0) is 13.1. The minimum absolute atomic E-state index is 0.140. The maximum absolute atomic E-state index is 11.8. The molecule has 0 atom stereocenters. The van der Waals surface area contributed by atoms with Gasteiger partial charge in [0.25, 0.3) is 5.91 Å². The van der Waals surface area contributed by atoms with Crippen molar-refractivity contribution in [1.29, 1.82) is 0 Å². The Kier molecular flexibility index (Phi) is 3.77. The third-order valence-electron chi connectivity index (χ3n) is 2.11. The molecule has 0 fully saturated rings. The molecule has 18 heavy (non-hydrogen) atoms. The van der Waals surface area contributed by atoms with Crippen molar-refractivity contribution in [1.82, 2.24) is 9.97 Å². The highest BCUT2D eigenvalue weighted by Crippen LogP contribution is 2.21. The van der Waals surface area contributed by atoms with Crippen molar-refractivity contribution in [2.75, 3.05) is 11.1 Å². The van der Waals surface area contributed by atoms with E-state index in [2.05, 4.69) is 15.3 Å². The summed E-state index contributed by atoms with van der Waals surface area (Å²) in [6.07, 6.45) is 2.76. The first kappa shape index (κ1) is 12.8. The molecule has 0 spiro atoms. The number of aromatic nitrogens is 2. The Morgan fingerprint density at radius 2 is 2.33 bits per heavy atom. The van der Waals surface area contributed by atoms with Crippen molar-refractivity contribution in [3.05, 3.63) is 33.7 Å². The molecule has 0 radical (unpaired) electrons. The van der Waals surface area contributed by atoms with Crippen molar-refractivity contribution in [2.45, 2.75) is 6.54 Å². The number of oxazole rings is 1. The summed E-state index contributed by atoms with van der Waals surface area (Å²) in [4.78, 5) is 19.8. The third-order valence-corrected chi connectivity index (χ3v) is 3.24. The van der Waals surface area contributed by atoms with Crippen molar-refractivity contribution >= 4 is 40.0 Å². The van der Waals surface area contributed by atoms with Crippen molar-refractivity contribution < 1.29 is 9.21 Å². The van der Waals surface area contributed by atoms with Gasteiger partial charge in [-0.3, -0.25) is 4.79 Å². The van der Waals surface area contributed by atoms with Gasteiger partial charge in [0, 0.05) is 6.20 Å². The van der Waals surface area contributed by atoms with Crippen LogP contribution in [0.3, 0.4) is 0 Å². The number of nitrogens with two attached hydrogens (primary N) is 2. The lowest BCUT2D eigenvalue weighted by atomic mass is 10.4. The van der Waals surface area contributed by atoms with Gasteiger partial charge < -0.3 is 21.2 Å². The quantitative estimate of drug-likeness (QED) is 0.703. The normalized spacial score (nSPS) is 10.3. The lowest BCUT2D eigenvalue weighted by molar-refractivity contribution is 0.102. The van der Waals surface area contributed by atoms with E-state index in [1.54, 1.807) is 6.07 Å². The Morgan fingerprint density at radius 3 is 3.00 bits per heavy atom. The summed E-state index contributed by atoms with van der Waals surface area (Å²) in [6, 6.07) is 1.65. The Balaban J connectivity index is 2.18. The third kappa shape index (κ3) is 2.59. The lowest BCUT2D eigenvalue weighted by Crippen LogP contribution is -2.15. The maximum atomic E-state index is 11.8. The van der Waals surface area contributed by atoms with E-state index >= 15 is 0 Å². The van der Waals surface area contributed by atoms with Crippen LogP contribution >= 0.6 is 22.6 Å². The van der Waals surface area contributed by atoms with Gasteiger partial charge in [-0.1, -0.05) is 0 Å². The summed E-state index contributed by atoms with van der Waals surface area (Å²) in [5, 5.41) is 2.60. The number of amides is 1. The number of carbonyl (C=O) groups excluding carboxylic acids is 1. The van der Waals surface area contributed by atoms with Gasteiger partial charge >= 0.3 is 0 Å². The average Bonchev–Trinajstić information content (AvgIpc) is 2.83. The van der Waals surface area contributed by atoms with E-state index in [0.717, 1.165) is 0 Å². The van der Waals surface area contributed by atoms with E-state index in [-0.39, 0.29) is 12.2 Å². The first-order chi connectivity index (χ1) is 8.61. The predicted molar refractivity (Wildman–Crippen MR) is 73.7 cm³/mol. The fraction of sp³-hybridized carbons (Fsp3) is 0.100. The number of nitrogen functional groups attached to an aromatic ring is 1. The first-order valence-corrected chi connectivity index (χ1v) is 6.05. The highest BCUT2D eigenvalue weighted by Gasteiger charge is 2.14. The second kappa shape index (κ2) is 5.31. The van der Waals surface area contributed by atoms with Gasteiger partial charge in [-0.05, 0) is 28.7 Å². The van der Waals surface area contributed by atoms with E-state index in [4.69, 9.17) is 15.9 Å². The lowest BCUT2D eigenvalue weighted by Gasteiger charge is -2.05. The van der Waals surface area contributed by atoms with E-state index in [9.17, 15) is 4.79 Å². The van der Waals surface area contributed by atoms with E-state index in [0.29, 0.717) is 21.0 Å². The smallest absolute Gasteiger partial charge is 0.278 e. The van der Waals surface area contributed by atoms with Crippen LogP contribution in [0.4, 0.5) is 11.5 Å². The topological polar surface area (TPSA) is 120 Å². The molecule has 0 aliphatic heterocycles. The molecule has 0 aliphatic carbocycles.